The van der Waals surface area contributed by atoms with Crippen LogP contribution in [0, 0.1) is 5.92 Å². The predicted octanol–water partition coefficient (Wildman–Crippen LogP) is 3.16. The first-order valence-electron chi connectivity index (χ1n) is 6.69. The molecule has 2 N–H and O–H groups in total. The number of ether oxygens (including phenoxy) is 1. The van der Waals surface area contributed by atoms with E-state index in [0.29, 0.717) is 13.2 Å². The fourth-order valence-corrected chi connectivity index (χ4v) is 3.31. The predicted molar refractivity (Wildman–Crippen MR) is 86.9 cm³/mol. The number of halogens is 2. The molecule has 2 rings (SSSR count). The third kappa shape index (κ3) is 4.04. The van der Waals surface area contributed by atoms with E-state index in [2.05, 4.69) is 49.4 Å². The van der Waals surface area contributed by atoms with Crippen LogP contribution in [-0.4, -0.2) is 31.7 Å². The smallest absolute Gasteiger partial charge is 0.231 e. The van der Waals surface area contributed by atoms with Crippen LogP contribution in [0.3, 0.4) is 0 Å². The van der Waals surface area contributed by atoms with Gasteiger partial charge in [0.1, 0.15) is 0 Å². The lowest BCUT2D eigenvalue weighted by Gasteiger charge is -2.18. The van der Waals surface area contributed by atoms with E-state index in [1.807, 2.05) is 18.2 Å². The van der Waals surface area contributed by atoms with Crippen molar-refractivity contribution in [3.05, 3.63) is 27.1 Å². The van der Waals surface area contributed by atoms with Gasteiger partial charge in [-0.25, -0.2) is 0 Å². The highest BCUT2D eigenvalue weighted by atomic mass is 79.9. The Kier molecular flexibility index (Phi) is 6.01. The van der Waals surface area contributed by atoms with Gasteiger partial charge in [0, 0.05) is 15.0 Å². The van der Waals surface area contributed by atoms with Gasteiger partial charge in [-0.1, -0.05) is 22.9 Å². The number of hydrogen-bond donors (Lipinski definition) is 2. The molecule has 110 valence electrons. The summed E-state index contributed by atoms with van der Waals surface area (Å²) in [5, 5.41) is 6.33. The molecule has 0 spiro atoms. The summed E-state index contributed by atoms with van der Waals surface area (Å²) in [5.74, 6) is -0.142. The molecule has 0 bridgehead atoms. The molecule has 1 aromatic rings. The van der Waals surface area contributed by atoms with Gasteiger partial charge in [0.05, 0.1) is 24.8 Å². The summed E-state index contributed by atoms with van der Waals surface area (Å²) in [6, 6.07) is 5.78. The van der Waals surface area contributed by atoms with Crippen LogP contribution in [0.5, 0.6) is 0 Å². The van der Waals surface area contributed by atoms with Gasteiger partial charge in [-0.3, -0.25) is 4.79 Å². The largest absolute Gasteiger partial charge is 0.379 e. The second-order valence-electron chi connectivity index (χ2n) is 4.82. The van der Waals surface area contributed by atoms with E-state index in [-0.39, 0.29) is 17.9 Å². The molecule has 0 radical (unpaired) electrons. The standard InChI is InChI=1S/C14H18Br2N2O2/c1-2-5-17-13-8-20-7-10(13)14(19)18-12-4-3-9(15)6-11(12)16/h3-4,6,10,13,17H,2,5,7-8H2,1H3,(H,18,19). The Morgan fingerprint density at radius 1 is 1.40 bits per heavy atom. The van der Waals surface area contributed by atoms with Crippen molar-refractivity contribution in [3.8, 4) is 0 Å². The molecule has 1 heterocycles. The van der Waals surface area contributed by atoms with Crippen LogP contribution >= 0.6 is 31.9 Å². The van der Waals surface area contributed by atoms with E-state index in [0.717, 1.165) is 27.6 Å². The van der Waals surface area contributed by atoms with E-state index >= 15 is 0 Å². The Labute approximate surface area is 135 Å². The summed E-state index contributed by atoms with van der Waals surface area (Å²) in [4.78, 5) is 12.4. The maximum absolute atomic E-state index is 12.4. The second-order valence-corrected chi connectivity index (χ2v) is 6.59. The minimum absolute atomic E-state index is 0.000810. The molecule has 2 unspecified atom stereocenters. The summed E-state index contributed by atoms with van der Waals surface area (Å²) in [6.45, 7) is 4.08. The van der Waals surface area contributed by atoms with E-state index in [9.17, 15) is 4.79 Å². The fraction of sp³-hybridized carbons (Fsp3) is 0.500. The molecular formula is C14H18Br2N2O2. The molecule has 1 saturated heterocycles. The van der Waals surface area contributed by atoms with Gasteiger partial charge in [0.2, 0.25) is 5.91 Å². The quantitative estimate of drug-likeness (QED) is 0.790. The lowest BCUT2D eigenvalue weighted by atomic mass is 10.0. The molecular weight excluding hydrogens is 388 g/mol. The van der Waals surface area contributed by atoms with Gasteiger partial charge in [-0.15, -0.1) is 0 Å². The summed E-state index contributed by atoms with van der Waals surface area (Å²) >= 11 is 6.84. The SMILES string of the molecule is CCCNC1COCC1C(=O)Nc1ccc(Br)cc1Br. The molecule has 20 heavy (non-hydrogen) atoms. The molecule has 6 heteroatoms. The maximum Gasteiger partial charge on any atom is 0.231 e. The average molecular weight is 406 g/mol. The average Bonchev–Trinajstić information content (AvgIpc) is 2.88. The van der Waals surface area contributed by atoms with Crippen molar-refractivity contribution in [2.24, 2.45) is 5.92 Å². The highest BCUT2D eigenvalue weighted by molar-refractivity contribution is 9.11. The Hall–Kier alpha value is -0.430. The zero-order valence-corrected chi connectivity index (χ0v) is 14.5. The van der Waals surface area contributed by atoms with Crippen molar-refractivity contribution in [3.63, 3.8) is 0 Å². The van der Waals surface area contributed by atoms with Gasteiger partial charge in [0.15, 0.2) is 0 Å². The molecule has 0 aromatic heterocycles. The van der Waals surface area contributed by atoms with Gasteiger partial charge in [-0.2, -0.15) is 0 Å². The fourth-order valence-electron chi connectivity index (χ4n) is 2.16. The van der Waals surface area contributed by atoms with E-state index in [1.165, 1.54) is 0 Å². The summed E-state index contributed by atoms with van der Waals surface area (Å²) in [6.07, 6.45) is 1.04. The maximum atomic E-state index is 12.4. The van der Waals surface area contributed by atoms with Crippen molar-refractivity contribution in [2.75, 3.05) is 25.1 Å². The summed E-state index contributed by atoms with van der Waals surface area (Å²) in [5.41, 5.74) is 0.777. The number of nitrogens with one attached hydrogen (secondary N) is 2. The van der Waals surface area contributed by atoms with Crippen molar-refractivity contribution < 1.29 is 9.53 Å². The number of benzene rings is 1. The summed E-state index contributed by atoms with van der Waals surface area (Å²) in [7, 11) is 0. The van der Waals surface area contributed by atoms with Gasteiger partial charge in [-0.05, 0) is 47.1 Å². The zero-order valence-electron chi connectivity index (χ0n) is 11.3. The highest BCUT2D eigenvalue weighted by Gasteiger charge is 2.33. The minimum atomic E-state index is -0.142. The third-order valence-corrected chi connectivity index (χ3v) is 4.41. The Morgan fingerprint density at radius 2 is 2.20 bits per heavy atom. The first kappa shape index (κ1) is 15.9. The number of hydrogen-bond acceptors (Lipinski definition) is 3. The minimum Gasteiger partial charge on any atom is -0.379 e. The lowest BCUT2D eigenvalue weighted by molar-refractivity contribution is -0.120. The molecule has 1 aliphatic heterocycles. The van der Waals surface area contributed by atoms with Crippen LogP contribution in [0.4, 0.5) is 5.69 Å². The van der Waals surface area contributed by atoms with Crippen LogP contribution in [-0.2, 0) is 9.53 Å². The molecule has 4 nitrogen and oxygen atoms in total. The second kappa shape index (κ2) is 7.54. The van der Waals surface area contributed by atoms with Crippen molar-refractivity contribution in [1.29, 1.82) is 0 Å². The molecule has 1 aromatic carbocycles. The number of amides is 1. The Morgan fingerprint density at radius 3 is 2.90 bits per heavy atom. The van der Waals surface area contributed by atoms with Gasteiger partial charge in [0.25, 0.3) is 0 Å². The monoisotopic (exact) mass is 404 g/mol. The van der Waals surface area contributed by atoms with Gasteiger partial charge >= 0.3 is 0 Å². The molecule has 1 aliphatic rings. The van der Waals surface area contributed by atoms with Crippen LogP contribution in [0.1, 0.15) is 13.3 Å². The number of anilines is 1. The molecule has 1 fully saturated rings. The van der Waals surface area contributed by atoms with Crippen molar-refractivity contribution >= 4 is 43.5 Å². The van der Waals surface area contributed by atoms with Crippen LogP contribution in [0.15, 0.2) is 27.1 Å². The number of rotatable bonds is 5. The Bertz CT molecular complexity index is 482. The molecule has 0 aliphatic carbocycles. The first-order valence-corrected chi connectivity index (χ1v) is 8.27. The van der Waals surface area contributed by atoms with Crippen molar-refractivity contribution in [2.45, 2.75) is 19.4 Å². The van der Waals surface area contributed by atoms with E-state index in [4.69, 9.17) is 4.74 Å². The molecule has 1 amide bonds. The first-order chi connectivity index (χ1) is 9.61. The zero-order chi connectivity index (χ0) is 14.5. The lowest BCUT2D eigenvalue weighted by Crippen LogP contribution is -2.41. The van der Waals surface area contributed by atoms with Crippen molar-refractivity contribution in [1.82, 2.24) is 5.32 Å². The highest BCUT2D eigenvalue weighted by Crippen LogP contribution is 2.27. The molecule has 0 saturated carbocycles. The van der Waals surface area contributed by atoms with Gasteiger partial charge < -0.3 is 15.4 Å². The normalized spacial score (nSPS) is 21.9. The number of carbonyl (C=O) groups is 1. The molecule has 2 atom stereocenters. The van der Waals surface area contributed by atoms with Crippen LogP contribution in [0.2, 0.25) is 0 Å². The number of carbonyl (C=O) groups excluding carboxylic acids is 1. The van der Waals surface area contributed by atoms with Crippen LogP contribution < -0.4 is 10.6 Å². The van der Waals surface area contributed by atoms with E-state index < -0.39 is 0 Å². The third-order valence-electron chi connectivity index (χ3n) is 3.26. The summed E-state index contributed by atoms with van der Waals surface area (Å²) < 4.78 is 7.26. The van der Waals surface area contributed by atoms with Crippen LogP contribution in [0.25, 0.3) is 0 Å². The Balaban J connectivity index is 2.00. The van der Waals surface area contributed by atoms with E-state index in [1.54, 1.807) is 0 Å². The topological polar surface area (TPSA) is 50.4 Å².